The largest absolute Gasteiger partial charge is 0.337 e. The Hall–Kier alpha value is -3.06. The first kappa shape index (κ1) is 21.8. The Kier molecular flexibility index (Phi) is 6.22. The third kappa shape index (κ3) is 4.29. The van der Waals surface area contributed by atoms with Crippen molar-refractivity contribution in [2.24, 2.45) is 0 Å². The fourth-order valence-corrected chi connectivity index (χ4v) is 5.74. The van der Waals surface area contributed by atoms with E-state index in [0.717, 1.165) is 42.6 Å². The Labute approximate surface area is 196 Å². The van der Waals surface area contributed by atoms with E-state index in [1.165, 1.54) is 9.38 Å². The van der Waals surface area contributed by atoms with Gasteiger partial charge < -0.3 is 4.90 Å². The lowest BCUT2D eigenvalue weighted by molar-refractivity contribution is 0.0706. The van der Waals surface area contributed by atoms with E-state index in [0.29, 0.717) is 42.0 Å². The van der Waals surface area contributed by atoms with Crippen molar-refractivity contribution in [2.45, 2.75) is 51.5 Å². The summed E-state index contributed by atoms with van der Waals surface area (Å²) in [5, 5.41) is 6.93. The summed E-state index contributed by atoms with van der Waals surface area (Å²) in [6, 6.07) is 15.6. The molecule has 6 nitrogen and oxygen atoms in total. The summed E-state index contributed by atoms with van der Waals surface area (Å²) in [5.41, 5.74) is 1.32. The van der Waals surface area contributed by atoms with Crippen LogP contribution in [-0.4, -0.2) is 38.7 Å². The van der Waals surface area contributed by atoms with Crippen molar-refractivity contribution >= 4 is 38.2 Å². The number of carbonyl (C=O) groups is 1. The predicted octanol–water partition coefficient (Wildman–Crippen LogP) is 5.22. The number of likely N-dealkylation sites (tertiary alicyclic amines) is 1. The molecule has 1 amide bonds. The summed E-state index contributed by atoms with van der Waals surface area (Å²) in [7, 11) is 0. The van der Waals surface area contributed by atoms with E-state index >= 15 is 0 Å². The van der Waals surface area contributed by atoms with Crippen molar-refractivity contribution in [2.75, 3.05) is 13.1 Å². The van der Waals surface area contributed by atoms with Crippen molar-refractivity contribution in [1.29, 1.82) is 0 Å². The van der Waals surface area contributed by atoms with Gasteiger partial charge in [-0.25, -0.2) is 9.67 Å². The van der Waals surface area contributed by atoms with Crippen LogP contribution >= 0.6 is 11.3 Å². The van der Waals surface area contributed by atoms with Crippen molar-refractivity contribution in [3.63, 3.8) is 0 Å². The van der Waals surface area contributed by atoms with Gasteiger partial charge in [-0.1, -0.05) is 50.1 Å². The zero-order chi connectivity index (χ0) is 22.8. The highest BCUT2D eigenvalue weighted by Crippen LogP contribution is 2.34. The number of benzene rings is 2. The lowest BCUT2D eigenvalue weighted by Gasteiger charge is -2.31. The fourth-order valence-electron chi connectivity index (χ4n) is 4.60. The number of para-hydroxylation sites is 1. The predicted molar refractivity (Wildman–Crippen MR) is 133 cm³/mol. The second-order valence-corrected chi connectivity index (χ2v) is 9.78. The van der Waals surface area contributed by atoms with Crippen molar-refractivity contribution < 1.29 is 4.79 Å². The molecule has 5 rings (SSSR count). The summed E-state index contributed by atoms with van der Waals surface area (Å²) in [6.45, 7) is 4.01. The maximum atomic E-state index is 13.5. The molecule has 0 N–H and O–H groups in total. The molecule has 2 aromatic heterocycles. The van der Waals surface area contributed by atoms with Gasteiger partial charge in [0.25, 0.3) is 11.5 Å². The van der Waals surface area contributed by atoms with Crippen LogP contribution in [0.3, 0.4) is 0 Å². The van der Waals surface area contributed by atoms with E-state index in [1.54, 1.807) is 17.4 Å². The number of hydrogen-bond acceptors (Lipinski definition) is 5. The van der Waals surface area contributed by atoms with Crippen LogP contribution in [0, 0.1) is 0 Å². The number of nitrogens with zero attached hydrogens (tertiary/aromatic N) is 4. The van der Waals surface area contributed by atoms with E-state index in [-0.39, 0.29) is 11.5 Å². The van der Waals surface area contributed by atoms with E-state index < -0.39 is 0 Å². The highest BCUT2D eigenvalue weighted by molar-refractivity contribution is 7.18. The fraction of sp³-hybridized carbons (Fsp3) is 0.385. The van der Waals surface area contributed by atoms with Crippen LogP contribution < -0.4 is 5.56 Å². The number of aryl methyl sites for hydroxylation is 1. The van der Waals surface area contributed by atoms with Crippen molar-refractivity contribution in [1.82, 2.24) is 19.7 Å². The minimum Gasteiger partial charge on any atom is -0.337 e. The molecule has 33 heavy (non-hydrogen) atoms. The molecule has 0 aliphatic carbocycles. The van der Waals surface area contributed by atoms with Gasteiger partial charge in [0.15, 0.2) is 5.69 Å². The second-order valence-electron chi connectivity index (χ2n) is 8.72. The van der Waals surface area contributed by atoms with E-state index in [9.17, 15) is 9.59 Å². The van der Waals surface area contributed by atoms with Crippen LogP contribution in [0.25, 0.3) is 21.0 Å². The molecule has 1 aliphatic rings. The number of amides is 1. The summed E-state index contributed by atoms with van der Waals surface area (Å²) in [5.74, 6) is 0.289. The molecule has 3 heterocycles. The Morgan fingerprint density at radius 1 is 1.03 bits per heavy atom. The van der Waals surface area contributed by atoms with Crippen LogP contribution in [0.15, 0.2) is 53.3 Å². The normalized spacial score (nSPS) is 14.9. The second kappa shape index (κ2) is 9.43. The molecule has 4 aromatic rings. The van der Waals surface area contributed by atoms with Crippen LogP contribution in [0.1, 0.15) is 60.4 Å². The molecule has 170 valence electrons. The van der Waals surface area contributed by atoms with Crippen LogP contribution in [-0.2, 0) is 6.54 Å². The van der Waals surface area contributed by atoms with Gasteiger partial charge in [-0.2, -0.15) is 5.10 Å². The molecule has 1 aliphatic heterocycles. The molecule has 0 atom stereocenters. The number of unbranched alkanes of at least 4 members (excludes halogenated alkanes) is 2. The van der Waals surface area contributed by atoms with Gasteiger partial charge in [-0.05, 0) is 37.5 Å². The van der Waals surface area contributed by atoms with Gasteiger partial charge in [0, 0.05) is 30.9 Å². The van der Waals surface area contributed by atoms with Gasteiger partial charge in [-0.3, -0.25) is 9.59 Å². The topological polar surface area (TPSA) is 68.1 Å². The zero-order valence-electron chi connectivity index (χ0n) is 18.9. The Bertz CT molecular complexity index is 1320. The van der Waals surface area contributed by atoms with E-state index in [2.05, 4.69) is 24.2 Å². The molecular weight excluding hydrogens is 432 g/mol. The van der Waals surface area contributed by atoms with Gasteiger partial charge >= 0.3 is 0 Å². The highest BCUT2D eigenvalue weighted by Gasteiger charge is 2.28. The molecule has 0 radical (unpaired) electrons. The molecule has 0 saturated carbocycles. The summed E-state index contributed by atoms with van der Waals surface area (Å²) < 4.78 is 2.70. The van der Waals surface area contributed by atoms with E-state index in [4.69, 9.17) is 4.98 Å². The molecule has 1 fully saturated rings. The third-order valence-corrected chi connectivity index (χ3v) is 7.68. The average Bonchev–Trinajstić information content (AvgIpc) is 3.30. The number of carbonyl (C=O) groups excluding carboxylic acids is 1. The van der Waals surface area contributed by atoms with Gasteiger partial charge in [-0.15, -0.1) is 11.3 Å². The first-order chi connectivity index (χ1) is 16.2. The summed E-state index contributed by atoms with van der Waals surface area (Å²) >= 11 is 1.76. The smallest absolute Gasteiger partial charge is 0.274 e. The zero-order valence-corrected chi connectivity index (χ0v) is 19.7. The Morgan fingerprint density at radius 3 is 2.52 bits per heavy atom. The standard InChI is InChI=1S/C26H28N4O2S/c1-2-3-8-15-30-25(31)20-10-5-4-9-19(20)23(28-30)26(32)29-16-13-18(14-17-29)24-27-21-11-6-7-12-22(21)33-24/h4-7,9-12,18H,2-3,8,13-17H2,1H3. The Morgan fingerprint density at radius 2 is 1.76 bits per heavy atom. The summed E-state index contributed by atoms with van der Waals surface area (Å²) in [6.07, 6.45) is 4.75. The molecule has 7 heteroatoms. The first-order valence-corrected chi connectivity index (χ1v) is 12.6. The minimum absolute atomic E-state index is 0.0850. The van der Waals surface area contributed by atoms with Crippen LogP contribution in [0.5, 0.6) is 0 Å². The number of piperidine rings is 1. The molecule has 2 aromatic carbocycles. The quantitative estimate of drug-likeness (QED) is 0.370. The molecule has 1 saturated heterocycles. The van der Waals surface area contributed by atoms with Gasteiger partial charge in [0.05, 0.1) is 20.6 Å². The number of fused-ring (bicyclic) bond motifs is 2. The number of rotatable bonds is 6. The maximum Gasteiger partial charge on any atom is 0.274 e. The highest BCUT2D eigenvalue weighted by atomic mass is 32.1. The first-order valence-electron chi connectivity index (χ1n) is 11.8. The summed E-state index contributed by atoms with van der Waals surface area (Å²) in [4.78, 5) is 33.2. The number of hydrogen-bond donors (Lipinski definition) is 0. The Balaban J connectivity index is 1.37. The van der Waals surface area contributed by atoms with Crippen molar-refractivity contribution in [3.8, 4) is 0 Å². The van der Waals surface area contributed by atoms with Gasteiger partial charge in [0.1, 0.15) is 0 Å². The lowest BCUT2D eigenvalue weighted by atomic mass is 9.97. The molecule has 0 spiro atoms. The third-order valence-electron chi connectivity index (χ3n) is 6.49. The maximum absolute atomic E-state index is 13.5. The number of thiazole rings is 1. The van der Waals surface area contributed by atoms with Crippen LogP contribution in [0.2, 0.25) is 0 Å². The van der Waals surface area contributed by atoms with E-state index in [1.807, 2.05) is 35.2 Å². The monoisotopic (exact) mass is 460 g/mol. The average molecular weight is 461 g/mol. The van der Waals surface area contributed by atoms with Crippen LogP contribution in [0.4, 0.5) is 0 Å². The van der Waals surface area contributed by atoms with Crippen molar-refractivity contribution in [3.05, 3.63) is 69.6 Å². The minimum atomic E-state index is -0.118. The molecule has 0 unspecified atom stereocenters. The number of aromatic nitrogens is 3. The lowest BCUT2D eigenvalue weighted by Crippen LogP contribution is -2.39. The molecule has 0 bridgehead atoms. The van der Waals surface area contributed by atoms with Gasteiger partial charge in [0.2, 0.25) is 0 Å². The molecular formula is C26H28N4O2S. The SMILES string of the molecule is CCCCCn1nc(C(=O)N2CCC(c3nc4ccccc4s3)CC2)c2ccccc2c1=O.